The fraction of sp³-hybridized carbons (Fsp3) is 0.586. The van der Waals surface area contributed by atoms with E-state index in [4.69, 9.17) is 4.74 Å². The van der Waals surface area contributed by atoms with Crippen LogP contribution in [0.5, 0.6) is 5.75 Å². The third-order valence-electron chi connectivity index (χ3n) is 8.31. The molecule has 2 amide bonds. The van der Waals surface area contributed by atoms with Crippen molar-refractivity contribution in [3.63, 3.8) is 0 Å². The van der Waals surface area contributed by atoms with Gasteiger partial charge in [0, 0.05) is 18.4 Å². The summed E-state index contributed by atoms with van der Waals surface area (Å²) in [5, 5.41) is 3.15. The third kappa shape index (κ3) is 5.95. The van der Waals surface area contributed by atoms with E-state index >= 15 is 0 Å². The Kier molecular flexibility index (Phi) is 8.03. The Hall–Kier alpha value is -3.00. The van der Waals surface area contributed by atoms with Crippen molar-refractivity contribution < 1.29 is 14.3 Å². The predicted octanol–water partition coefficient (Wildman–Crippen LogP) is 3.45. The first kappa shape index (κ1) is 25.6. The van der Waals surface area contributed by atoms with Crippen molar-refractivity contribution in [3.05, 3.63) is 53.6 Å². The third-order valence-corrected chi connectivity index (χ3v) is 8.31. The molecule has 1 N–H and O–H groups in total. The molecule has 37 heavy (non-hydrogen) atoms. The Labute approximate surface area is 219 Å². The van der Waals surface area contributed by atoms with Gasteiger partial charge in [-0.2, -0.15) is 0 Å². The van der Waals surface area contributed by atoms with Gasteiger partial charge in [-0.25, -0.2) is 9.97 Å². The van der Waals surface area contributed by atoms with E-state index in [1.165, 1.54) is 5.56 Å². The summed E-state index contributed by atoms with van der Waals surface area (Å²) in [6, 6.07) is 10.1. The average molecular weight is 506 g/mol. The lowest BCUT2D eigenvalue weighted by atomic mass is 9.73. The summed E-state index contributed by atoms with van der Waals surface area (Å²) < 4.78 is 5.97. The van der Waals surface area contributed by atoms with Gasteiger partial charge in [0.15, 0.2) is 5.82 Å². The SMILES string of the molecule is Cc1ccnc(C2CCCN2C(=O)CN2CCC3(CCCCc4ccccc4OCCNC3=O)CC2)n1. The second-order valence-electron chi connectivity index (χ2n) is 10.8. The number of aryl methyl sites for hydroxylation is 2. The molecular formula is C29H39N5O3. The largest absolute Gasteiger partial charge is 0.491 e. The molecule has 198 valence electrons. The zero-order chi connectivity index (χ0) is 25.7. The lowest BCUT2D eigenvalue weighted by molar-refractivity contribution is -0.137. The zero-order valence-corrected chi connectivity index (χ0v) is 22.0. The number of nitrogens with one attached hydrogen (secondary N) is 1. The number of likely N-dealkylation sites (tertiary alicyclic amines) is 2. The van der Waals surface area contributed by atoms with E-state index in [2.05, 4.69) is 32.3 Å². The Balaban J connectivity index is 1.18. The fourth-order valence-corrected chi connectivity index (χ4v) is 6.12. The summed E-state index contributed by atoms with van der Waals surface area (Å²) in [6.45, 7) is 5.61. The molecule has 0 saturated carbocycles. The van der Waals surface area contributed by atoms with Gasteiger partial charge in [0.2, 0.25) is 11.8 Å². The van der Waals surface area contributed by atoms with Crippen LogP contribution < -0.4 is 10.1 Å². The number of rotatable bonds is 3. The molecule has 1 aromatic carbocycles. The Morgan fingerprint density at radius 2 is 1.95 bits per heavy atom. The normalized spacial score (nSPS) is 22.9. The number of hydrogen-bond donors (Lipinski definition) is 1. The van der Waals surface area contributed by atoms with E-state index in [0.717, 1.165) is 88.3 Å². The molecule has 0 aliphatic carbocycles. The molecule has 2 fully saturated rings. The monoisotopic (exact) mass is 505 g/mol. The van der Waals surface area contributed by atoms with Crippen molar-refractivity contribution in [2.45, 2.75) is 64.3 Å². The number of hydrogen-bond acceptors (Lipinski definition) is 6. The van der Waals surface area contributed by atoms with Gasteiger partial charge in [0.1, 0.15) is 12.4 Å². The molecule has 4 heterocycles. The number of fused-ring (bicyclic) bond motifs is 1. The van der Waals surface area contributed by atoms with Crippen LogP contribution >= 0.6 is 0 Å². The van der Waals surface area contributed by atoms with Gasteiger partial charge >= 0.3 is 0 Å². The minimum absolute atomic E-state index is 0.0343. The highest BCUT2D eigenvalue weighted by atomic mass is 16.5. The van der Waals surface area contributed by atoms with Gasteiger partial charge in [-0.05, 0) is 82.7 Å². The number of ether oxygens (including phenoxy) is 1. The maximum Gasteiger partial charge on any atom is 0.237 e. The number of carbonyl (C=O) groups excluding carboxylic acids is 2. The number of piperidine rings is 1. The van der Waals surface area contributed by atoms with Crippen LogP contribution in [0, 0.1) is 12.3 Å². The second kappa shape index (κ2) is 11.6. The van der Waals surface area contributed by atoms with Crippen molar-refractivity contribution >= 4 is 11.8 Å². The number of para-hydroxylation sites is 1. The predicted molar refractivity (Wildman–Crippen MR) is 141 cm³/mol. The first-order chi connectivity index (χ1) is 18.0. The van der Waals surface area contributed by atoms with Crippen molar-refractivity contribution in [3.8, 4) is 5.75 Å². The van der Waals surface area contributed by atoms with Crippen LogP contribution in [-0.4, -0.2) is 70.9 Å². The van der Waals surface area contributed by atoms with E-state index in [1.54, 1.807) is 6.20 Å². The molecule has 3 aliphatic heterocycles. The van der Waals surface area contributed by atoms with E-state index in [9.17, 15) is 9.59 Å². The van der Waals surface area contributed by atoms with Crippen LogP contribution in [-0.2, 0) is 16.0 Å². The number of amides is 2. The van der Waals surface area contributed by atoms with Gasteiger partial charge in [-0.15, -0.1) is 0 Å². The summed E-state index contributed by atoms with van der Waals surface area (Å²) in [7, 11) is 0. The standard InChI is InChI=1S/C29H39N5O3/c1-22-11-15-30-27(32-22)24-9-6-17-34(24)26(35)21-33-18-13-29(14-19-33)12-5-4-8-23-7-2-3-10-25(23)37-20-16-31-28(29)36/h2-3,7,10-11,15,24H,4-6,8-9,12-14,16-21H2,1H3,(H,31,36). The summed E-state index contributed by atoms with van der Waals surface area (Å²) >= 11 is 0. The highest BCUT2D eigenvalue weighted by Gasteiger charge is 2.41. The Morgan fingerprint density at radius 3 is 2.78 bits per heavy atom. The van der Waals surface area contributed by atoms with Crippen molar-refractivity contribution in [2.24, 2.45) is 5.41 Å². The maximum absolute atomic E-state index is 13.3. The van der Waals surface area contributed by atoms with Crippen molar-refractivity contribution in [1.29, 1.82) is 0 Å². The molecule has 0 radical (unpaired) electrons. The summed E-state index contributed by atoms with van der Waals surface area (Å²) in [5.74, 6) is 1.97. The molecule has 1 atom stereocenters. The van der Waals surface area contributed by atoms with E-state index in [1.807, 2.05) is 30.0 Å². The van der Waals surface area contributed by atoms with Gasteiger partial charge in [-0.1, -0.05) is 24.6 Å². The molecule has 5 rings (SSSR count). The lowest BCUT2D eigenvalue weighted by Gasteiger charge is -2.41. The molecule has 8 nitrogen and oxygen atoms in total. The first-order valence-corrected chi connectivity index (χ1v) is 13.8. The number of nitrogens with zero attached hydrogens (tertiary/aromatic N) is 4. The fourth-order valence-electron chi connectivity index (χ4n) is 6.12. The molecule has 2 saturated heterocycles. The highest BCUT2D eigenvalue weighted by Crippen LogP contribution is 2.38. The quantitative estimate of drug-likeness (QED) is 0.688. The minimum Gasteiger partial charge on any atom is -0.491 e. The Bertz CT molecular complexity index is 1100. The summed E-state index contributed by atoms with van der Waals surface area (Å²) in [6.07, 6.45) is 9.14. The lowest BCUT2D eigenvalue weighted by Crippen LogP contribution is -2.51. The van der Waals surface area contributed by atoms with Crippen LogP contribution in [0.15, 0.2) is 36.5 Å². The zero-order valence-electron chi connectivity index (χ0n) is 22.0. The molecule has 2 aromatic rings. The minimum atomic E-state index is -0.357. The maximum atomic E-state index is 13.3. The van der Waals surface area contributed by atoms with E-state index in [-0.39, 0.29) is 23.3 Å². The van der Waals surface area contributed by atoms with Crippen molar-refractivity contribution in [1.82, 2.24) is 25.1 Å². The second-order valence-corrected chi connectivity index (χ2v) is 10.8. The van der Waals surface area contributed by atoms with Crippen LogP contribution in [0.3, 0.4) is 0 Å². The first-order valence-electron chi connectivity index (χ1n) is 13.8. The van der Waals surface area contributed by atoms with E-state index in [0.29, 0.717) is 19.7 Å². The number of carbonyl (C=O) groups is 2. The van der Waals surface area contributed by atoms with Gasteiger partial charge in [0.25, 0.3) is 0 Å². The number of aromatic nitrogens is 2. The van der Waals surface area contributed by atoms with Gasteiger partial charge in [-0.3, -0.25) is 14.5 Å². The molecule has 1 spiro atoms. The van der Waals surface area contributed by atoms with Crippen LogP contribution in [0.25, 0.3) is 0 Å². The molecular weight excluding hydrogens is 466 g/mol. The van der Waals surface area contributed by atoms with Crippen molar-refractivity contribution in [2.75, 3.05) is 39.3 Å². The van der Waals surface area contributed by atoms with E-state index < -0.39 is 0 Å². The Morgan fingerprint density at radius 1 is 1.11 bits per heavy atom. The molecule has 1 aromatic heterocycles. The molecule has 1 unspecified atom stereocenters. The number of benzene rings is 1. The van der Waals surface area contributed by atoms with Gasteiger partial charge in [0.05, 0.1) is 24.5 Å². The molecule has 0 bridgehead atoms. The van der Waals surface area contributed by atoms with Crippen LogP contribution in [0.2, 0.25) is 0 Å². The van der Waals surface area contributed by atoms with Crippen LogP contribution in [0.4, 0.5) is 0 Å². The highest BCUT2D eigenvalue weighted by molar-refractivity contribution is 5.83. The smallest absolute Gasteiger partial charge is 0.237 e. The molecule has 8 heteroatoms. The van der Waals surface area contributed by atoms with Crippen LogP contribution in [0.1, 0.15) is 68.1 Å². The summed E-state index contributed by atoms with van der Waals surface area (Å²) in [4.78, 5) is 39.9. The summed E-state index contributed by atoms with van der Waals surface area (Å²) in [5.41, 5.74) is 1.81. The average Bonchev–Trinajstić information content (AvgIpc) is 3.40. The van der Waals surface area contributed by atoms with Gasteiger partial charge < -0.3 is 15.0 Å². The topological polar surface area (TPSA) is 87.7 Å². The molecule has 3 aliphatic rings.